The number of aryl methyl sites for hydroxylation is 1. The lowest BCUT2D eigenvalue weighted by Crippen LogP contribution is -2.30. The van der Waals surface area contributed by atoms with Gasteiger partial charge in [0, 0.05) is 12.3 Å². The van der Waals surface area contributed by atoms with E-state index in [9.17, 15) is 0 Å². The summed E-state index contributed by atoms with van der Waals surface area (Å²) < 4.78 is 11.1. The minimum absolute atomic E-state index is 0.0195. The van der Waals surface area contributed by atoms with Gasteiger partial charge in [-0.3, -0.25) is 4.98 Å². The van der Waals surface area contributed by atoms with Crippen molar-refractivity contribution < 1.29 is 9.30 Å². The van der Waals surface area contributed by atoms with Crippen molar-refractivity contribution >= 4 is 11.0 Å². The van der Waals surface area contributed by atoms with Gasteiger partial charge < -0.3 is 4.74 Å². The number of hydrogen-bond donors (Lipinski definition) is 0. The van der Waals surface area contributed by atoms with Gasteiger partial charge in [0.05, 0.1) is 18.2 Å². The Balaban J connectivity index is 1.32. The summed E-state index contributed by atoms with van der Waals surface area (Å²) in [4.78, 5) is 5.13. The number of rotatable bonds is 5. The molecule has 1 aliphatic carbocycles. The molecule has 0 saturated heterocycles. The molecule has 2 aromatic heterocycles. The van der Waals surface area contributed by atoms with Crippen LogP contribution in [0.3, 0.4) is 0 Å². The van der Waals surface area contributed by atoms with E-state index in [1.165, 1.54) is 38.9 Å². The van der Waals surface area contributed by atoms with Gasteiger partial charge in [-0.25, -0.2) is 4.57 Å². The fraction of sp³-hybridized carbons (Fsp3) is 0.217. The van der Waals surface area contributed by atoms with E-state index in [-0.39, 0.29) is 10.8 Å². The summed E-state index contributed by atoms with van der Waals surface area (Å²) in [7, 11) is 2.08. The number of hydrogen-bond acceptors (Lipinski definition) is 2. The number of imidazole rings is 1. The molecule has 0 fully saturated rings. The van der Waals surface area contributed by atoms with Gasteiger partial charge in [-0.15, -0.1) is 0 Å². The third-order valence-electron chi connectivity index (χ3n) is 10.3. The summed E-state index contributed by atoms with van der Waals surface area (Å²) in [6.45, 7) is 13.7. The Bertz CT molecular complexity index is 2320. The quantitative estimate of drug-likeness (QED) is 0.173. The minimum Gasteiger partial charge on any atom is -0.457 e. The topological polar surface area (TPSA) is 30.9 Å². The van der Waals surface area contributed by atoms with E-state index in [1.807, 2.05) is 18.3 Å². The lowest BCUT2D eigenvalue weighted by Gasteiger charge is -2.34. The predicted molar refractivity (Wildman–Crippen MR) is 203 cm³/mol. The maximum Gasteiger partial charge on any atom is 0.249 e. The molecule has 0 radical (unpaired) electrons. The summed E-state index contributed by atoms with van der Waals surface area (Å²) in [6.07, 6.45) is 4.04. The van der Waals surface area contributed by atoms with Crippen LogP contribution in [0.4, 0.5) is 0 Å². The summed E-state index contributed by atoms with van der Waals surface area (Å²) in [5.41, 5.74) is 12.4. The SMILES string of the molecule is C[n+]1cn(-c2cccc(Oc3cccc(C4(c5ccccn5)c5cc(C(C)(C)C)ccc5-c5ccc(C(C)(C)C)cc54)c3)c2)c2ccccc21. The Labute approximate surface area is 295 Å². The summed E-state index contributed by atoms with van der Waals surface area (Å²) in [5, 5.41) is 0. The summed E-state index contributed by atoms with van der Waals surface area (Å²) in [5.74, 6) is 1.57. The Morgan fingerprint density at radius 1 is 0.620 bits per heavy atom. The highest BCUT2D eigenvalue weighted by Gasteiger charge is 2.48. The average Bonchev–Trinajstić information content (AvgIpc) is 3.60. The molecule has 2 heterocycles. The van der Waals surface area contributed by atoms with Gasteiger partial charge >= 0.3 is 0 Å². The van der Waals surface area contributed by atoms with Crippen LogP contribution in [0.25, 0.3) is 27.8 Å². The highest BCUT2D eigenvalue weighted by molar-refractivity contribution is 5.86. The lowest BCUT2D eigenvalue weighted by atomic mass is 9.68. The first-order valence-corrected chi connectivity index (χ1v) is 17.5. The van der Waals surface area contributed by atoms with Gasteiger partial charge in [0.25, 0.3) is 0 Å². The maximum absolute atomic E-state index is 6.73. The van der Waals surface area contributed by atoms with Crippen molar-refractivity contribution in [2.24, 2.45) is 7.05 Å². The standard InChI is InChI=1S/C46H44N3O/c1-44(2,3)31-21-23-37-38-24-22-32(45(4,5)6)28-40(38)46(39(37)27-31,43-20-10-11-25-47-43)33-14-12-16-35(26-33)50-36-17-13-15-34(29-36)49-30-48(7)41-18-8-9-19-42(41)49/h8-30H,1-7H3/q+1. The molecule has 4 heteroatoms. The molecule has 248 valence electrons. The van der Waals surface area contributed by atoms with Gasteiger partial charge in [0.1, 0.15) is 17.2 Å². The normalized spacial score (nSPS) is 13.7. The first-order valence-electron chi connectivity index (χ1n) is 17.5. The molecule has 0 saturated carbocycles. The highest BCUT2D eigenvalue weighted by atomic mass is 16.5. The summed E-state index contributed by atoms with van der Waals surface area (Å²) >= 11 is 0. The molecular weight excluding hydrogens is 611 g/mol. The van der Waals surface area contributed by atoms with E-state index in [0.717, 1.165) is 34.0 Å². The van der Waals surface area contributed by atoms with Gasteiger partial charge in [-0.05, 0) is 98.3 Å². The van der Waals surface area contributed by atoms with E-state index in [4.69, 9.17) is 9.72 Å². The van der Waals surface area contributed by atoms with Crippen LogP contribution in [-0.2, 0) is 23.3 Å². The number of fused-ring (bicyclic) bond motifs is 4. The van der Waals surface area contributed by atoms with Crippen molar-refractivity contribution in [3.8, 4) is 28.3 Å². The van der Waals surface area contributed by atoms with Gasteiger partial charge in [-0.2, -0.15) is 4.57 Å². The van der Waals surface area contributed by atoms with Crippen LogP contribution in [0, 0.1) is 0 Å². The van der Waals surface area contributed by atoms with Crippen molar-refractivity contribution in [2.45, 2.75) is 57.8 Å². The Morgan fingerprint density at radius 2 is 1.24 bits per heavy atom. The molecule has 4 nitrogen and oxygen atoms in total. The zero-order valence-corrected chi connectivity index (χ0v) is 30.0. The molecule has 0 atom stereocenters. The Hall–Kier alpha value is -5.48. The number of benzene rings is 5. The number of pyridine rings is 1. The van der Waals surface area contributed by atoms with Crippen LogP contribution >= 0.6 is 0 Å². The molecule has 0 N–H and O–H groups in total. The average molecular weight is 655 g/mol. The molecule has 0 amide bonds. The molecule has 0 spiro atoms. The molecular formula is C46H44N3O+. The van der Waals surface area contributed by atoms with Crippen LogP contribution in [0.5, 0.6) is 11.5 Å². The molecule has 8 rings (SSSR count). The zero-order chi connectivity index (χ0) is 34.8. The number of nitrogens with zero attached hydrogens (tertiary/aromatic N) is 3. The second-order valence-corrected chi connectivity index (χ2v) is 15.7. The first-order chi connectivity index (χ1) is 23.9. The van der Waals surface area contributed by atoms with E-state index in [2.05, 4.69) is 179 Å². The monoisotopic (exact) mass is 654 g/mol. The second kappa shape index (κ2) is 11.6. The molecule has 5 aromatic carbocycles. The number of aromatic nitrogens is 3. The van der Waals surface area contributed by atoms with Crippen LogP contribution in [0.2, 0.25) is 0 Å². The molecule has 1 aliphatic rings. The van der Waals surface area contributed by atoms with Crippen molar-refractivity contribution in [3.05, 3.63) is 173 Å². The molecule has 50 heavy (non-hydrogen) atoms. The van der Waals surface area contributed by atoms with Crippen molar-refractivity contribution in [1.82, 2.24) is 9.55 Å². The van der Waals surface area contributed by atoms with Gasteiger partial charge in [0.2, 0.25) is 6.33 Å². The largest absolute Gasteiger partial charge is 0.457 e. The Morgan fingerprint density at radius 3 is 1.88 bits per heavy atom. The lowest BCUT2D eigenvalue weighted by molar-refractivity contribution is -0.645. The highest BCUT2D eigenvalue weighted by Crippen LogP contribution is 2.57. The predicted octanol–water partition coefficient (Wildman–Crippen LogP) is 10.6. The Kier molecular flexibility index (Phi) is 7.34. The summed E-state index contributed by atoms with van der Waals surface area (Å²) in [6, 6.07) is 45.8. The van der Waals surface area contributed by atoms with E-state index < -0.39 is 5.41 Å². The van der Waals surface area contributed by atoms with Gasteiger partial charge in [-0.1, -0.05) is 114 Å². The van der Waals surface area contributed by atoms with Gasteiger partial charge in [0.15, 0.2) is 11.0 Å². The third-order valence-corrected chi connectivity index (χ3v) is 10.3. The van der Waals surface area contributed by atoms with Crippen molar-refractivity contribution in [3.63, 3.8) is 0 Å². The molecule has 7 aromatic rings. The number of para-hydroxylation sites is 2. The molecule has 0 aliphatic heterocycles. The number of ether oxygens (including phenoxy) is 1. The van der Waals surface area contributed by atoms with E-state index in [1.54, 1.807) is 0 Å². The third kappa shape index (κ3) is 5.13. The van der Waals surface area contributed by atoms with Crippen LogP contribution in [0.15, 0.2) is 140 Å². The molecule has 0 bridgehead atoms. The van der Waals surface area contributed by atoms with E-state index >= 15 is 0 Å². The fourth-order valence-corrected chi connectivity index (χ4v) is 7.67. The zero-order valence-electron chi connectivity index (χ0n) is 30.0. The maximum atomic E-state index is 6.73. The minimum atomic E-state index is -0.644. The fourth-order valence-electron chi connectivity index (χ4n) is 7.67. The van der Waals surface area contributed by atoms with Crippen molar-refractivity contribution in [2.75, 3.05) is 0 Å². The van der Waals surface area contributed by atoms with Crippen LogP contribution < -0.4 is 9.30 Å². The first kappa shape index (κ1) is 31.8. The smallest absolute Gasteiger partial charge is 0.249 e. The second-order valence-electron chi connectivity index (χ2n) is 15.7. The molecule has 0 unspecified atom stereocenters. The van der Waals surface area contributed by atoms with Crippen LogP contribution in [-0.4, -0.2) is 9.55 Å². The van der Waals surface area contributed by atoms with Crippen molar-refractivity contribution in [1.29, 1.82) is 0 Å². The van der Waals surface area contributed by atoms with Crippen LogP contribution in [0.1, 0.15) is 75.1 Å². The van der Waals surface area contributed by atoms with E-state index in [0.29, 0.717) is 0 Å².